The van der Waals surface area contributed by atoms with Gasteiger partial charge in [-0.2, -0.15) is 0 Å². The van der Waals surface area contributed by atoms with Gasteiger partial charge in [-0.05, 0) is 37.1 Å². The lowest BCUT2D eigenvalue weighted by Crippen LogP contribution is -2.33. The average molecular weight is 241 g/mol. The highest BCUT2D eigenvalue weighted by Crippen LogP contribution is 2.22. The van der Waals surface area contributed by atoms with Gasteiger partial charge >= 0.3 is 0 Å². The van der Waals surface area contributed by atoms with Crippen LogP contribution in [0.1, 0.15) is 13.8 Å². The third-order valence-electron chi connectivity index (χ3n) is 3.02. The molecule has 0 bridgehead atoms. The van der Waals surface area contributed by atoms with E-state index in [2.05, 4.69) is 24.3 Å². The Bertz CT molecular complexity index is 476. The Kier molecular flexibility index (Phi) is 4.00. The first-order valence-corrected chi connectivity index (χ1v) is 6.24. The molecule has 0 aromatic heterocycles. The quantitative estimate of drug-likeness (QED) is 0.889. The van der Waals surface area contributed by atoms with Crippen LogP contribution in [0.25, 0.3) is 11.1 Å². The van der Waals surface area contributed by atoms with E-state index in [1.54, 1.807) is 0 Å². The average Bonchev–Trinajstić information content (AvgIpc) is 2.40. The molecule has 0 radical (unpaired) electrons. The largest absolute Gasteiger partial charge is 0.489 e. The molecule has 94 valence electrons. The predicted molar refractivity (Wildman–Crippen MR) is 75.6 cm³/mol. The van der Waals surface area contributed by atoms with Crippen LogP contribution in [-0.2, 0) is 0 Å². The van der Waals surface area contributed by atoms with Gasteiger partial charge in [-0.15, -0.1) is 0 Å². The molecule has 2 aromatic rings. The zero-order chi connectivity index (χ0) is 13.0. The van der Waals surface area contributed by atoms with Crippen molar-refractivity contribution in [1.29, 1.82) is 0 Å². The molecule has 1 unspecified atom stereocenters. The van der Waals surface area contributed by atoms with Crippen molar-refractivity contribution in [2.45, 2.75) is 26.0 Å². The van der Waals surface area contributed by atoms with E-state index < -0.39 is 0 Å². The van der Waals surface area contributed by atoms with Gasteiger partial charge in [0.2, 0.25) is 0 Å². The molecular formula is C16H19NO. The third-order valence-corrected chi connectivity index (χ3v) is 3.02. The monoisotopic (exact) mass is 241 g/mol. The van der Waals surface area contributed by atoms with Crippen LogP contribution in [0, 0.1) is 0 Å². The summed E-state index contributed by atoms with van der Waals surface area (Å²) in [7, 11) is 0. The molecule has 2 rings (SSSR count). The molecule has 0 aliphatic carbocycles. The van der Waals surface area contributed by atoms with Gasteiger partial charge in [0.15, 0.2) is 0 Å². The van der Waals surface area contributed by atoms with Crippen molar-refractivity contribution >= 4 is 0 Å². The molecule has 0 aliphatic rings. The molecule has 0 spiro atoms. The summed E-state index contributed by atoms with van der Waals surface area (Å²) >= 11 is 0. The van der Waals surface area contributed by atoms with Crippen LogP contribution in [0.3, 0.4) is 0 Å². The van der Waals surface area contributed by atoms with E-state index in [4.69, 9.17) is 10.5 Å². The predicted octanol–water partition coefficient (Wildman–Crippen LogP) is 3.47. The lowest BCUT2D eigenvalue weighted by molar-refractivity contribution is 0.196. The third kappa shape index (κ3) is 3.11. The zero-order valence-electron chi connectivity index (χ0n) is 10.8. The number of benzene rings is 2. The van der Waals surface area contributed by atoms with Crippen molar-refractivity contribution in [2.75, 3.05) is 0 Å². The summed E-state index contributed by atoms with van der Waals surface area (Å²) in [6, 6.07) is 18.4. The SMILES string of the molecule is CC(Oc1ccc(-c2ccccc2)cc1)[C@@H](C)N. The molecule has 2 heteroatoms. The Morgan fingerprint density at radius 1 is 0.833 bits per heavy atom. The summed E-state index contributed by atoms with van der Waals surface area (Å²) in [5, 5.41) is 0. The Balaban J connectivity index is 2.11. The molecule has 2 N–H and O–H groups in total. The van der Waals surface area contributed by atoms with Crippen molar-refractivity contribution in [2.24, 2.45) is 5.73 Å². The standard InChI is InChI=1S/C16H19NO/c1-12(17)13(2)18-16-10-8-15(9-11-16)14-6-4-3-5-7-14/h3-13H,17H2,1-2H3/t12-,13?/m1/s1. The first-order chi connectivity index (χ1) is 8.66. The molecule has 2 nitrogen and oxygen atoms in total. The smallest absolute Gasteiger partial charge is 0.119 e. The van der Waals surface area contributed by atoms with Gasteiger partial charge in [0.25, 0.3) is 0 Å². The van der Waals surface area contributed by atoms with Crippen molar-refractivity contribution in [3.05, 3.63) is 54.6 Å². The van der Waals surface area contributed by atoms with Gasteiger partial charge in [-0.3, -0.25) is 0 Å². The van der Waals surface area contributed by atoms with Crippen molar-refractivity contribution in [1.82, 2.24) is 0 Å². The van der Waals surface area contributed by atoms with Crippen LogP contribution >= 0.6 is 0 Å². The zero-order valence-corrected chi connectivity index (χ0v) is 10.8. The maximum Gasteiger partial charge on any atom is 0.119 e. The van der Waals surface area contributed by atoms with E-state index in [1.165, 1.54) is 11.1 Å². The summed E-state index contributed by atoms with van der Waals surface area (Å²) in [5.74, 6) is 0.861. The fourth-order valence-electron chi connectivity index (χ4n) is 1.68. The van der Waals surface area contributed by atoms with Crippen molar-refractivity contribution in [3.63, 3.8) is 0 Å². The lowest BCUT2D eigenvalue weighted by atomic mass is 10.1. The molecule has 0 fully saturated rings. The Hall–Kier alpha value is -1.80. The van der Waals surface area contributed by atoms with Gasteiger partial charge in [-0.1, -0.05) is 42.5 Å². The van der Waals surface area contributed by atoms with E-state index in [9.17, 15) is 0 Å². The second-order valence-corrected chi connectivity index (χ2v) is 4.57. The summed E-state index contributed by atoms with van der Waals surface area (Å²) in [6.45, 7) is 3.93. The van der Waals surface area contributed by atoms with Crippen molar-refractivity contribution in [3.8, 4) is 16.9 Å². The minimum atomic E-state index is 0.0209. The van der Waals surface area contributed by atoms with Crippen LogP contribution in [0.5, 0.6) is 5.75 Å². The van der Waals surface area contributed by atoms with Crippen molar-refractivity contribution < 1.29 is 4.74 Å². The minimum absolute atomic E-state index is 0.0209. The number of hydrogen-bond acceptors (Lipinski definition) is 2. The molecule has 2 atom stereocenters. The summed E-state index contributed by atoms with van der Waals surface area (Å²) in [4.78, 5) is 0. The maximum atomic E-state index is 5.78. The van der Waals surface area contributed by atoms with Crippen LogP contribution in [0.15, 0.2) is 54.6 Å². The molecule has 0 aliphatic heterocycles. The second-order valence-electron chi connectivity index (χ2n) is 4.57. The normalized spacial score (nSPS) is 13.9. The molecule has 0 heterocycles. The number of nitrogens with two attached hydrogens (primary N) is 1. The van der Waals surface area contributed by atoms with E-state index >= 15 is 0 Å². The highest BCUT2D eigenvalue weighted by molar-refractivity contribution is 5.63. The van der Waals surface area contributed by atoms with E-state index in [1.807, 2.05) is 44.2 Å². The summed E-state index contributed by atoms with van der Waals surface area (Å²) in [5.41, 5.74) is 8.18. The molecule has 2 aromatic carbocycles. The Morgan fingerprint density at radius 2 is 1.39 bits per heavy atom. The highest BCUT2D eigenvalue weighted by Gasteiger charge is 2.08. The first-order valence-electron chi connectivity index (χ1n) is 6.24. The van der Waals surface area contributed by atoms with Gasteiger partial charge < -0.3 is 10.5 Å². The molecule has 18 heavy (non-hydrogen) atoms. The van der Waals surface area contributed by atoms with Crippen LogP contribution in [-0.4, -0.2) is 12.1 Å². The lowest BCUT2D eigenvalue weighted by Gasteiger charge is -2.18. The highest BCUT2D eigenvalue weighted by atomic mass is 16.5. The molecular weight excluding hydrogens is 222 g/mol. The fraction of sp³-hybridized carbons (Fsp3) is 0.250. The van der Waals surface area contributed by atoms with Gasteiger partial charge in [0.1, 0.15) is 11.9 Å². The Labute approximate surface area is 108 Å². The molecule has 0 amide bonds. The molecule has 0 saturated carbocycles. The van der Waals surface area contributed by atoms with Gasteiger partial charge in [-0.25, -0.2) is 0 Å². The van der Waals surface area contributed by atoms with Crippen LogP contribution in [0.2, 0.25) is 0 Å². The number of ether oxygens (including phenoxy) is 1. The summed E-state index contributed by atoms with van der Waals surface area (Å²) < 4.78 is 5.74. The summed E-state index contributed by atoms with van der Waals surface area (Å²) in [6.07, 6.45) is 0.0209. The second kappa shape index (κ2) is 5.69. The minimum Gasteiger partial charge on any atom is -0.489 e. The van der Waals surface area contributed by atoms with E-state index in [0.717, 1.165) is 5.75 Å². The molecule has 0 saturated heterocycles. The van der Waals surface area contributed by atoms with E-state index in [0.29, 0.717) is 0 Å². The topological polar surface area (TPSA) is 35.2 Å². The maximum absolute atomic E-state index is 5.78. The van der Waals surface area contributed by atoms with Gasteiger partial charge in [0.05, 0.1) is 0 Å². The number of rotatable bonds is 4. The number of hydrogen-bond donors (Lipinski definition) is 1. The van der Waals surface area contributed by atoms with Crippen LogP contribution in [0.4, 0.5) is 0 Å². The fourth-order valence-corrected chi connectivity index (χ4v) is 1.68. The van der Waals surface area contributed by atoms with Crippen LogP contribution < -0.4 is 10.5 Å². The first kappa shape index (κ1) is 12.7. The van der Waals surface area contributed by atoms with E-state index in [-0.39, 0.29) is 12.1 Å². The van der Waals surface area contributed by atoms with Gasteiger partial charge in [0, 0.05) is 6.04 Å². The Morgan fingerprint density at radius 3 is 1.94 bits per heavy atom.